The monoisotopic (exact) mass is 369 g/mol. The first kappa shape index (κ1) is 16.5. The van der Waals surface area contributed by atoms with Crippen LogP contribution in [-0.4, -0.2) is 20.3 Å². The minimum absolute atomic E-state index is 0.197. The van der Waals surface area contributed by atoms with Gasteiger partial charge < -0.3 is 20.3 Å². The van der Waals surface area contributed by atoms with Crippen LogP contribution in [0, 0.1) is 0 Å². The zero-order valence-corrected chi connectivity index (χ0v) is 15.1. The molecule has 0 saturated carbocycles. The van der Waals surface area contributed by atoms with Crippen molar-refractivity contribution in [3.05, 3.63) is 95.2 Å². The lowest BCUT2D eigenvalue weighted by molar-refractivity contribution is 0.367. The van der Waals surface area contributed by atoms with Crippen molar-refractivity contribution in [1.82, 2.24) is 4.98 Å². The maximum atomic E-state index is 10.1. The average Bonchev–Trinajstić information content (AvgIpc) is 3.32. The van der Waals surface area contributed by atoms with E-state index in [9.17, 15) is 15.3 Å². The van der Waals surface area contributed by atoms with E-state index in [-0.39, 0.29) is 17.4 Å². The van der Waals surface area contributed by atoms with Gasteiger partial charge in [0.1, 0.15) is 0 Å². The Morgan fingerprint density at radius 1 is 0.857 bits per heavy atom. The lowest BCUT2D eigenvalue weighted by Crippen LogP contribution is -2.03. The molecular formula is C24H19NO3. The number of fused-ring (bicyclic) bond motifs is 2. The molecule has 0 spiro atoms. The number of nitrogens with one attached hydrogen (secondary N) is 1. The number of hydrogen-bond donors (Lipinski definition) is 4. The van der Waals surface area contributed by atoms with E-state index in [1.165, 1.54) is 23.3 Å². The summed E-state index contributed by atoms with van der Waals surface area (Å²) in [7, 11) is 0. The number of phenolic OH excluding ortho intramolecular Hbond substituents is 3. The first-order valence-corrected chi connectivity index (χ1v) is 9.22. The zero-order chi connectivity index (χ0) is 19.3. The number of aromatic amines is 1. The fourth-order valence-electron chi connectivity index (χ4n) is 4.23. The van der Waals surface area contributed by atoms with Crippen molar-refractivity contribution in [2.75, 3.05) is 0 Å². The minimum atomic E-state index is -0.498. The third-order valence-electron chi connectivity index (χ3n) is 5.54. The van der Waals surface area contributed by atoms with Gasteiger partial charge in [0.2, 0.25) is 0 Å². The van der Waals surface area contributed by atoms with Crippen molar-refractivity contribution in [2.24, 2.45) is 0 Å². The second-order valence-corrected chi connectivity index (χ2v) is 7.15. The molecule has 0 amide bonds. The van der Waals surface area contributed by atoms with Crippen molar-refractivity contribution < 1.29 is 15.3 Å². The molecule has 0 aliphatic heterocycles. The molecule has 1 atom stereocenters. The van der Waals surface area contributed by atoms with Crippen LogP contribution >= 0.6 is 0 Å². The highest BCUT2D eigenvalue weighted by Crippen LogP contribution is 2.47. The summed E-state index contributed by atoms with van der Waals surface area (Å²) in [5.41, 5.74) is 6.37. The number of H-pyrrole nitrogens is 1. The molecule has 28 heavy (non-hydrogen) atoms. The molecule has 1 aliphatic rings. The molecule has 3 aromatic carbocycles. The number of benzene rings is 3. The molecule has 4 N–H and O–H groups in total. The second kappa shape index (κ2) is 6.20. The molecule has 0 bridgehead atoms. The fourth-order valence-corrected chi connectivity index (χ4v) is 4.23. The number of rotatable bonds is 3. The van der Waals surface area contributed by atoms with Gasteiger partial charge in [-0.25, -0.2) is 0 Å². The first-order valence-electron chi connectivity index (χ1n) is 9.22. The summed E-state index contributed by atoms with van der Waals surface area (Å²) in [6.45, 7) is 0. The van der Waals surface area contributed by atoms with Crippen LogP contribution in [0.1, 0.15) is 28.2 Å². The van der Waals surface area contributed by atoms with Crippen LogP contribution in [0.4, 0.5) is 0 Å². The van der Waals surface area contributed by atoms with Crippen molar-refractivity contribution >= 4 is 16.5 Å². The Balaban J connectivity index is 1.77. The summed E-state index contributed by atoms with van der Waals surface area (Å²) >= 11 is 0. The molecule has 4 heteroatoms. The molecule has 0 radical (unpaired) electrons. The highest BCUT2D eigenvalue weighted by molar-refractivity contribution is 5.90. The van der Waals surface area contributed by atoms with E-state index < -0.39 is 5.75 Å². The number of aromatic hydroxyl groups is 3. The number of aromatic nitrogens is 1. The SMILES string of the molecule is Oc1cc(C(C2=CCc3ccccc32)c2c[nH]c3ccccc23)cc(O)c1O. The largest absolute Gasteiger partial charge is 0.504 e. The van der Waals surface area contributed by atoms with Crippen LogP contribution in [0.5, 0.6) is 17.2 Å². The third kappa shape index (κ3) is 2.46. The Bertz CT molecular complexity index is 1210. The molecule has 1 aromatic heterocycles. The number of hydrogen-bond acceptors (Lipinski definition) is 3. The topological polar surface area (TPSA) is 76.5 Å². The molecule has 1 aliphatic carbocycles. The Kier molecular flexibility index (Phi) is 3.66. The van der Waals surface area contributed by atoms with Gasteiger partial charge in [0, 0.05) is 23.0 Å². The zero-order valence-electron chi connectivity index (χ0n) is 15.1. The minimum Gasteiger partial charge on any atom is -0.504 e. The Morgan fingerprint density at radius 3 is 2.39 bits per heavy atom. The van der Waals surface area contributed by atoms with Crippen molar-refractivity contribution in [1.29, 1.82) is 0 Å². The van der Waals surface area contributed by atoms with E-state index in [0.717, 1.165) is 34.0 Å². The summed E-state index contributed by atoms with van der Waals surface area (Å²) < 4.78 is 0. The molecule has 0 saturated heterocycles. The summed E-state index contributed by atoms with van der Waals surface area (Å²) in [6, 6.07) is 19.4. The number of allylic oxidation sites excluding steroid dienone is 2. The maximum Gasteiger partial charge on any atom is 0.200 e. The van der Waals surface area contributed by atoms with Crippen LogP contribution in [0.25, 0.3) is 16.5 Å². The highest BCUT2D eigenvalue weighted by Gasteiger charge is 2.28. The predicted octanol–water partition coefficient (Wildman–Crippen LogP) is 5.06. The summed E-state index contributed by atoms with van der Waals surface area (Å²) in [4.78, 5) is 3.32. The summed E-state index contributed by atoms with van der Waals surface area (Å²) in [5.74, 6) is -1.35. The van der Waals surface area contributed by atoms with Gasteiger partial charge in [0.15, 0.2) is 17.2 Å². The molecule has 1 unspecified atom stereocenters. The standard InChI is InChI=1S/C24H19NO3/c26-21-11-15(12-22(27)24(21)28)23(18-10-9-14-5-1-2-6-16(14)18)19-13-25-20-8-4-3-7-17(19)20/h1-8,10-13,23,25-28H,9H2. The van der Waals surface area contributed by atoms with E-state index in [1.54, 1.807) is 0 Å². The second-order valence-electron chi connectivity index (χ2n) is 7.15. The van der Waals surface area contributed by atoms with E-state index in [1.807, 2.05) is 36.5 Å². The molecule has 4 nitrogen and oxygen atoms in total. The van der Waals surface area contributed by atoms with E-state index in [2.05, 4.69) is 29.3 Å². The van der Waals surface area contributed by atoms with Crippen LogP contribution in [0.3, 0.4) is 0 Å². The van der Waals surface area contributed by atoms with Gasteiger partial charge in [-0.15, -0.1) is 0 Å². The van der Waals surface area contributed by atoms with Gasteiger partial charge >= 0.3 is 0 Å². The van der Waals surface area contributed by atoms with Gasteiger partial charge in [-0.2, -0.15) is 0 Å². The van der Waals surface area contributed by atoms with Gasteiger partial charge in [0.05, 0.1) is 0 Å². The van der Waals surface area contributed by atoms with Crippen LogP contribution in [-0.2, 0) is 6.42 Å². The van der Waals surface area contributed by atoms with Crippen LogP contribution < -0.4 is 0 Å². The van der Waals surface area contributed by atoms with Gasteiger partial charge in [-0.3, -0.25) is 0 Å². The van der Waals surface area contributed by atoms with Crippen LogP contribution in [0.2, 0.25) is 0 Å². The summed E-state index contributed by atoms with van der Waals surface area (Å²) in [6.07, 6.45) is 5.04. The average molecular weight is 369 g/mol. The molecule has 138 valence electrons. The smallest absolute Gasteiger partial charge is 0.200 e. The third-order valence-corrected chi connectivity index (χ3v) is 5.54. The van der Waals surface area contributed by atoms with Gasteiger partial charge in [0.25, 0.3) is 0 Å². The van der Waals surface area contributed by atoms with Crippen LogP contribution in [0.15, 0.2) is 72.9 Å². The Hall–Kier alpha value is -3.66. The number of para-hydroxylation sites is 1. The predicted molar refractivity (Wildman–Crippen MR) is 110 cm³/mol. The maximum absolute atomic E-state index is 10.1. The Labute approximate surface area is 162 Å². The molecule has 4 aromatic rings. The first-order chi connectivity index (χ1) is 13.6. The fraction of sp³-hybridized carbons (Fsp3) is 0.0833. The van der Waals surface area contributed by atoms with E-state index >= 15 is 0 Å². The van der Waals surface area contributed by atoms with Crippen molar-refractivity contribution in [2.45, 2.75) is 12.3 Å². The summed E-state index contributed by atoms with van der Waals surface area (Å²) in [5, 5.41) is 31.2. The van der Waals surface area contributed by atoms with Crippen molar-refractivity contribution in [3.63, 3.8) is 0 Å². The van der Waals surface area contributed by atoms with Gasteiger partial charge in [-0.05, 0) is 52.4 Å². The normalized spacial score (nSPS) is 14.1. The highest BCUT2D eigenvalue weighted by atomic mass is 16.3. The molecule has 5 rings (SSSR count). The van der Waals surface area contributed by atoms with Gasteiger partial charge in [-0.1, -0.05) is 48.5 Å². The number of phenols is 3. The van der Waals surface area contributed by atoms with E-state index in [4.69, 9.17) is 0 Å². The Morgan fingerprint density at radius 2 is 1.57 bits per heavy atom. The van der Waals surface area contributed by atoms with Crippen molar-refractivity contribution in [3.8, 4) is 17.2 Å². The molecule has 0 fully saturated rings. The lowest BCUT2D eigenvalue weighted by atomic mass is 9.82. The molecule has 1 heterocycles. The quantitative estimate of drug-likeness (QED) is 0.381. The van der Waals surface area contributed by atoms with E-state index in [0.29, 0.717) is 0 Å². The molecular weight excluding hydrogens is 350 g/mol. The lowest BCUT2D eigenvalue weighted by Gasteiger charge is -2.21.